The number of rotatable bonds is 6. The van der Waals surface area contributed by atoms with Gasteiger partial charge in [0.15, 0.2) is 0 Å². The second-order valence-corrected chi connectivity index (χ2v) is 4.93. The quantitative estimate of drug-likeness (QED) is 0.730. The van der Waals surface area contributed by atoms with E-state index in [1.807, 2.05) is 12.3 Å². The molecule has 0 unspecified atom stereocenters. The van der Waals surface area contributed by atoms with Gasteiger partial charge in [0.2, 0.25) is 0 Å². The molecular formula is C11H17N3O3S. The number of thiazole rings is 1. The van der Waals surface area contributed by atoms with Crippen LogP contribution in [0.25, 0.3) is 0 Å². The highest BCUT2D eigenvalue weighted by Gasteiger charge is 2.25. The Kier molecular flexibility index (Phi) is 5.57. The average molecular weight is 271 g/mol. The molecule has 0 aliphatic heterocycles. The number of hydrogen-bond acceptors (Lipinski definition) is 4. The Morgan fingerprint density at radius 3 is 2.78 bits per heavy atom. The molecule has 0 fully saturated rings. The van der Waals surface area contributed by atoms with E-state index in [0.29, 0.717) is 13.0 Å². The summed E-state index contributed by atoms with van der Waals surface area (Å²) >= 11 is 1.43. The maximum absolute atomic E-state index is 11.6. The summed E-state index contributed by atoms with van der Waals surface area (Å²) in [5.74, 6) is -1.14. The Hall–Kier alpha value is -1.63. The standard InChI is InChI=1S/C11H17N3O3S/c1-3-7(2)9(10(15)16)14-11(17)13-6-8-12-4-5-18-8/h4-5,7,9H,3,6H2,1-2H3,(H,15,16)(H2,13,14,17)/t7-,9-/m0/s1. The third kappa shape index (κ3) is 4.33. The van der Waals surface area contributed by atoms with Crippen LogP contribution in [0.5, 0.6) is 0 Å². The van der Waals surface area contributed by atoms with Crippen molar-refractivity contribution in [2.45, 2.75) is 32.9 Å². The molecule has 0 radical (unpaired) electrons. The Morgan fingerprint density at radius 1 is 1.56 bits per heavy atom. The molecule has 1 aromatic rings. The molecule has 1 rings (SSSR count). The number of carboxylic acids is 1. The van der Waals surface area contributed by atoms with Gasteiger partial charge in [-0.25, -0.2) is 14.6 Å². The van der Waals surface area contributed by atoms with Gasteiger partial charge in [0.1, 0.15) is 11.0 Å². The van der Waals surface area contributed by atoms with Gasteiger partial charge in [-0.05, 0) is 5.92 Å². The molecule has 0 saturated heterocycles. The molecule has 0 aliphatic carbocycles. The lowest BCUT2D eigenvalue weighted by molar-refractivity contribution is -0.140. The highest BCUT2D eigenvalue weighted by molar-refractivity contribution is 7.09. The molecule has 7 heteroatoms. The molecule has 100 valence electrons. The number of nitrogens with zero attached hydrogens (tertiary/aromatic N) is 1. The van der Waals surface area contributed by atoms with Crippen molar-refractivity contribution in [3.8, 4) is 0 Å². The van der Waals surface area contributed by atoms with E-state index < -0.39 is 18.0 Å². The van der Waals surface area contributed by atoms with Gasteiger partial charge < -0.3 is 15.7 Å². The fourth-order valence-corrected chi connectivity index (χ4v) is 1.93. The van der Waals surface area contributed by atoms with Crippen molar-refractivity contribution < 1.29 is 14.7 Å². The second kappa shape index (κ2) is 6.95. The van der Waals surface area contributed by atoms with Crippen LogP contribution in [0.3, 0.4) is 0 Å². The maximum atomic E-state index is 11.6. The molecule has 0 aromatic carbocycles. The first kappa shape index (κ1) is 14.4. The van der Waals surface area contributed by atoms with E-state index >= 15 is 0 Å². The minimum atomic E-state index is -1.02. The van der Waals surface area contributed by atoms with Gasteiger partial charge in [-0.15, -0.1) is 11.3 Å². The molecule has 2 atom stereocenters. The molecule has 3 N–H and O–H groups in total. The van der Waals surface area contributed by atoms with E-state index in [4.69, 9.17) is 5.11 Å². The molecule has 0 saturated carbocycles. The Bertz CT molecular complexity index is 394. The van der Waals surface area contributed by atoms with Gasteiger partial charge in [-0.1, -0.05) is 20.3 Å². The van der Waals surface area contributed by atoms with Gasteiger partial charge in [-0.2, -0.15) is 0 Å². The van der Waals surface area contributed by atoms with E-state index in [9.17, 15) is 9.59 Å². The normalized spacial score (nSPS) is 13.7. The summed E-state index contributed by atoms with van der Waals surface area (Å²) in [4.78, 5) is 26.6. The van der Waals surface area contributed by atoms with Crippen LogP contribution < -0.4 is 10.6 Å². The summed E-state index contributed by atoms with van der Waals surface area (Å²) in [7, 11) is 0. The number of urea groups is 1. The number of aliphatic carboxylic acids is 1. The molecule has 0 spiro atoms. The smallest absolute Gasteiger partial charge is 0.326 e. The van der Waals surface area contributed by atoms with Crippen LogP contribution in [0.2, 0.25) is 0 Å². The highest BCUT2D eigenvalue weighted by Crippen LogP contribution is 2.08. The SMILES string of the molecule is CC[C@H](C)[C@H](NC(=O)NCc1nccs1)C(=O)O. The predicted molar refractivity (Wildman–Crippen MR) is 68.4 cm³/mol. The number of aromatic nitrogens is 1. The largest absolute Gasteiger partial charge is 0.480 e. The fourth-order valence-electron chi connectivity index (χ4n) is 1.37. The molecular weight excluding hydrogens is 254 g/mol. The van der Waals surface area contributed by atoms with Crippen molar-refractivity contribution >= 4 is 23.3 Å². The third-order valence-electron chi connectivity index (χ3n) is 2.65. The number of hydrogen-bond donors (Lipinski definition) is 3. The van der Waals surface area contributed by atoms with Crippen LogP contribution in [0, 0.1) is 5.92 Å². The molecule has 1 aromatic heterocycles. The molecule has 0 bridgehead atoms. The van der Waals surface area contributed by atoms with E-state index in [-0.39, 0.29) is 5.92 Å². The van der Waals surface area contributed by atoms with Crippen molar-refractivity contribution in [2.75, 3.05) is 0 Å². The van der Waals surface area contributed by atoms with Crippen LogP contribution in [0.15, 0.2) is 11.6 Å². The van der Waals surface area contributed by atoms with E-state index in [1.165, 1.54) is 11.3 Å². The number of amides is 2. The molecule has 2 amide bonds. The van der Waals surface area contributed by atoms with Gasteiger partial charge in [0.25, 0.3) is 0 Å². The van der Waals surface area contributed by atoms with Crippen molar-refractivity contribution in [3.05, 3.63) is 16.6 Å². The van der Waals surface area contributed by atoms with Crippen LogP contribution in [-0.4, -0.2) is 28.1 Å². The minimum Gasteiger partial charge on any atom is -0.480 e. The molecule has 18 heavy (non-hydrogen) atoms. The maximum Gasteiger partial charge on any atom is 0.326 e. The van der Waals surface area contributed by atoms with Crippen LogP contribution in [-0.2, 0) is 11.3 Å². The predicted octanol–water partition coefficient (Wildman–Crippen LogP) is 1.44. The Balaban J connectivity index is 2.44. The molecule has 6 nitrogen and oxygen atoms in total. The van der Waals surface area contributed by atoms with Crippen molar-refractivity contribution in [3.63, 3.8) is 0 Å². The zero-order chi connectivity index (χ0) is 13.5. The average Bonchev–Trinajstić information content (AvgIpc) is 2.85. The molecule has 0 aliphatic rings. The zero-order valence-electron chi connectivity index (χ0n) is 10.3. The summed E-state index contributed by atoms with van der Waals surface area (Å²) in [5, 5.41) is 16.7. The first-order chi connectivity index (χ1) is 8.54. The third-order valence-corrected chi connectivity index (χ3v) is 3.43. The van der Waals surface area contributed by atoms with Gasteiger partial charge in [0, 0.05) is 11.6 Å². The minimum absolute atomic E-state index is 0.117. The summed E-state index contributed by atoms with van der Waals surface area (Å²) in [5.41, 5.74) is 0. The van der Waals surface area contributed by atoms with E-state index in [0.717, 1.165) is 5.01 Å². The summed E-state index contributed by atoms with van der Waals surface area (Å²) < 4.78 is 0. The van der Waals surface area contributed by atoms with Crippen LogP contribution in [0.4, 0.5) is 4.79 Å². The van der Waals surface area contributed by atoms with E-state index in [2.05, 4.69) is 15.6 Å². The lowest BCUT2D eigenvalue weighted by Gasteiger charge is -2.20. The van der Waals surface area contributed by atoms with Crippen LogP contribution >= 0.6 is 11.3 Å². The zero-order valence-corrected chi connectivity index (χ0v) is 11.2. The lowest BCUT2D eigenvalue weighted by atomic mass is 9.99. The summed E-state index contributed by atoms with van der Waals surface area (Å²) in [6.45, 7) is 3.98. The highest BCUT2D eigenvalue weighted by atomic mass is 32.1. The van der Waals surface area contributed by atoms with Crippen molar-refractivity contribution in [1.29, 1.82) is 0 Å². The fraction of sp³-hybridized carbons (Fsp3) is 0.545. The lowest BCUT2D eigenvalue weighted by Crippen LogP contribution is -2.48. The first-order valence-corrected chi connectivity index (χ1v) is 6.58. The van der Waals surface area contributed by atoms with Gasteiger partial charge in [0.05, 0.1) is 6.54 Å². The number of nitrogens with one attached hydrogen (secondary N) is 2. The number of carboxylic acid groups (broad SMARTS) is 1. The van der Waals surface area contributed by atoms with Crippen molar-refractivity contribution in [2.24, 2.45) is 5.92 Å². The number of carbonyl (C=O) groups is 2. The van der Waals surface area contributed by atoms with Gasteiger partial charge in [-0.3, -0.25) is 0 Å². The second-order valence-electron chi connectivity index (χ2n) is 3.95. The van der Waals surface area contributed by atoms with Crippen molar-refractivity contribution in [1.82, 2.24) is 15.6 Å². The Labute approximate surface area is 109 Å². The van der Waals surface area contributed by atoms with E-state index in [1.54, 1.807) is 13.1 Å². The first-order valence-electron chi connectivity index (χ1n) is 5.70. The van der Waals surface area contributed by atoms with Crippen LogP contribution in [0.1, 0.15) is 25.3 Å². The summed E-state index contributed by atoms with van der Waals surface area (Å²) in [6.07, 6.45) is 2.34. The Morgan fingerprint density at radius 2 is 2.28 bits per heavy atom. The topological polar surface area (TPSA) is 91.3 Å². The summed E-state index contributed by atoms with van der Waals surface area (Å²) in [6, 6.07) is -1.36. The molecule has 1 heterocycles. The van der Waals surface area contributed by atoms with Gasteiger partial charge >= 0.3 is 12.0 Å². The monoisotopic (exact) mass is 271 g/mol. The number of carbonyl (C=O) groups excluding carboxylic acids is 1.